The SMILES string of the molecule is CCC1C(=O)NC(=O)CN1c1ccc([C@@H](N)CC)nc1. The number of nitrogens with zero attached hydrogens (tertiary/aromatic N) is 2. The first-order valence-electron chi connectivity index (χ1n) is 6.88. The van der Waals surface area contributed by atoms with E-state index in [1.807, 2.05) is 26.0 Å². The normalized spacial score (nSPS) is 20.8. The molecule has 2 atom stereocenters. The monoisotopic (exact) mass is 276 g/mol. The molecule has 2 rings (SSSR count). The predicted molar refractivity (Wildman–Crippen MR) is 76.0 cm³/mol. The van der Waals surface area contributed by atoms with Crippen LogP contribution < -0.4 is 16.0 Å². The fourth-order valence-electron chi connectivity index (χ4n) is 2.34. The predicted octanol–water partition coefficient (Wildman–Crippen LogP) is 0.733. The summed E-state index contributed by atoms with van der Waals surface area (Å²) in [5.41, 5.74) is 7.51. The number of carbonyl (C=O) groups excluding carboxylic acids is 2. The summed E-state index contributed by atoms with van der Waals surface area (Å²) in [4.78, 5) is 29.5. The number of imide groups is 1. The third-order valence-electron chi connectivity index (χ3n) is 3.56. The van der Waals surface area contributed by atoms with Gasteiger partial charge in [0, 0.05) is 6.04 Å². The first-order valence-corrected chi connectivity index (χ1v) is 6.88. The topological polar surface area (TPSA) is 88.3 Å². The van der Waals surface area contributed by atoms with Crippen LogP contribution in [0.15, 0.2) is 18.3 Å². The second-order valence-electron chi connectivity index (χ2n) is 4.92. The van der Waals surface area contributed by atoms with E-state index in [0.29, 0.717) is 6.42 Å². The maximum atomic E-state index is 11.8. The number of nitrogens with one attached hydrogen (secondary N) is 1. The molecule has 2 amide bonds. The lowest BCUT2D eigenvalue weighted by Gasteiger charge is -2.35. The van der Waals surface area contributed by atoms with Gasteiger partial charge in [-0.1, -0.05) is 13.8 Å². The van der Waals surface area contributed by atoms with Gasteiger partial charge in [0.2, 0.25) is 11.8 Å². The van der Waals surface area contributed by atoms with E-state index in [9.17, 15) is 9.59 Å². The molecule has 0 aliphatic carbocycles. The van der Waals surface area contributed by atoms with E-state index in [4.69, 9.17) is 5.73 Å². The number of hydrogen-bond donors (Lipinski definition) is 2. The molecule has 1 aliphatic heterocycles. The second kappa shape index (κ2) is 6.00. The standard InChI is InChI=1S/C14H20N4O2/c1-3-10(15)11-6-5-9(7-16-11)18-8-13(19)17-14(20)12(18)4-2/h5-7,10,12H,3-4,8,15H2,1-2H3,(H,17,19,20)/t10-,12?/m0/s1. The van der Waals surface area contributed by atoms with Crippen molar-refractivity contribution in [1.82, 2.24) is 10.3 Å². The summed E-state index contributed by atoms with van der Waals surface area (Å²) in [7, 11) is 0. The van der Waals surface area contributed by atoms with Crippen LogP contribution in [0.3, 0.4) is 0 Å². The zero-order valence-electron chi connectivity index (χ0n) is 11.8. The van der Waals surface area contributed by atoms with Crippen molar-refractivity contribution in [3.8, 4) is 0 Å². The molecule has 1 aromatic heterocycles. The molecular formula is C14H20N4O2. The Balaban J connectivity index is 2.24. The molecule has 20 heavy (non-hydrogen) atoms. The van der Waals surface area contributed by atoms with Gasteiger partial charge in [-0.25, -0.2) is 0 Å². The highest BCUT2D eigenvalue weighted by atomic mass is 16.2. The third kappa shape index (κ3) is 2.80. The van der Waals surface area contributed by atoms with Crippen molar-refractivity contribution in [1.29, 1.82) is 0 Å². The molecule has 0 bridgehead atoms. The van der Waals surface area contributed by atoms with Gasteiger partial charge in [-0.15, -0.1) is 0 Å². The number of amides is 2. The van der Waals surface area contributed by atoms with Crippen LogP contribution >= 0.6 is 0 Å². The van der Waals surface area contributed by atoms with E-state index in [0.717, 1.165) is 17.8 Å². The van der Waals surface area contributed by atoms with Crippen LogP contribution in [0, 0.1) is 0 Å². The molecule has 1 fully saturated rings. The summed E-state index contributed by atoms with van der Waals surface area (Å²) < 4.78 is 0. The molecule has 0 radical (unpaired) electrons. The van der Waals surface area contributed by atoms with Crippen molar-refractivity contribution in [2.45, 2.75) is 38.8 Å². The Morgan fingerprint density at radius 1 is 1.45 bits per heavy atom. The van der Waals surface area contributed by atoms with E-state index in [1.54, 1.807) is 11.1 Å². The van der Waals surface area contributed by atoms with Crippen molar-refractivity contribution in [3.63, 3.8) is 0 Å². The zero-order valence-corrected chi connectivity index (χ0v) is 11.8. The quantitative estimate of drug-likeness (QED) is 0.792. The fourth-order valence-corrected chi connectivity index (χ4v) is 2.34. The van der Waals surface area contributed by atoms with Crippen LogP contribution in [0.1, 0.15) is 38.4 Å². The van der Waals surface area contributed by atoms with Crippen LogP contribution in [-0.4, -0.2) is 29.4 Å². The number of pyridine rings is 1. The lowest BCUT2D eigenvalue weighted by atomic mass is 10.1. The minimum atomic E-state index is -0.333. The van der Waals surface area contributed by atoms with E-state index in [-0.39, 0.29) is 30.4 Å². The van der Waals surface area contributed by atoms with Gasteiger partial charge in [-0.05, 0) is 25.0 Å². The molecule has 6 heteroatoms. The number of nitrogens with two attached hydrogens (primary N) is 1. The molecule has 3 N–H and O–H groups in total. The lowest BCUT2D eigenvalue weighted by Crippen LogP contribution is -2.58. The maximum Gasteiger partial charge on any atom is 0.249 e. The van der Waals surface area contributed by atoms with Gasteiger partial charge in [0.05, 0.1) is 24.1 Å². The van der Waals surface area contributed by atoms with Crippen LogP contribution in [0.2, 0.25) is 0 Å². The average molecular weight is 276 g/mol. The number of aromatic nitrogens is 1. The average Bonchev–Trinajstić information content (AvgIpc) is 2.46. The molecular weight excluding hydrogens is 256 g/mol. The Morgan fingerprint density at radius 2 is 2.20 bits per heavy atom. The summed E-state index contributed by atoms with van der Waals surface area (Å²) in [5.74, 6) is -0.535. The molecule has 1 aromatic rings. The van der Waals surface area contributed by atoms with Gasteiger partial charge in [0.15, 0.2) is 0 Å². The summed E-state index contributed by atoms with van der Waals surface area (Å²) >= 11 is 0. The van der Waals surface area contributed by atoms with Crippen molar-refractivity contribution in [3.05, 3.63) is 24.0 Å². The second-order valence-corrected chi connectivity index (χ2v) is 4.92. The Morgan fingerprint density at radius 3 is 2.75 bits per heavy atom. The Labute approximate surface area is 118 Å². The minimum absolute atomic E-state index is 0.0858. The highest BCUT2D eigenvalue weighted by Crippen LogP contribution is 2.21. The van der Waals surface area contributed by atoms with Gasteiger partial charge < -0.3 is 10.6 Å². The smallest absolute Gasteiger partial charge is 0.249 e. The van der Waals surface area contributed by atoms with Gasteiger partial charge in [-0.3, -0.25) is 19.9 Å². The first kappa shape index (κ1) is 14.5. The Bertz CT molecular complexity index is 500. The van der Waals surface area contributed by atoms with Crippen molar-refractivity contribution in [2.24, 2.45) is 5.73 Å². The molecule has 0 aromatic carbocycles. The van der Waals surface area contributed by atoms with Gasteiger partial charge in [0.25, 0.3) is 0 Å². The Kier molecular flexibility index (Phi) is 4.34. The van der Waals surface area contributed by atoms with Crippen LogP contribution in [0.5, 0.6) is 0 Å². The van der Waals surface area contributed by atoms with Crippen molar-refractivity contribution in [2.75, 3.05) is 11.4 Å². The first-order chi connectivity index (χ1) is 9.56. The number of piperazine rings is 1. The van der Waals surface area contributed by atoms with E-state index >= 15 is 0 Å². The Hall–Kier alpha value is -1.95. The fraction of sp³-hybridized carbons (Fsp3) is 0.500. The van der Waals surface area contributed by atoms with E-state index in [2.05, 4.69) is 10.3 Å². The van der Waals surface area contributed by atoms with Crippen LogP contribution in [0.25, 0.3) is 0 Å². The molecule has 0 saturated carbocycles. The highest BCUT2D eigenvalue weighted by molar-refractivity contribution is 6.04. The van der Waals surface area contributed by atoms with Gasteiger partial charge in [0.1, 0.15) is 6.04 Å². The summed E-state index contributed by atoms with van der Waals surface area (Å²) in [6.45, 7) is 4.09. The molecule has 1 aliphatic rings. The van der Waals surface area contributed by atoms with E-state index in [1.165, 1.54) is 0 Å². The third-order valence-corrected chi connectivity index (χ3v) is 3.56. The largest absolute Gasteiger partial charge is 0.349 e. The molecule has 0 spiro atoms. The summed E-state index contributed by atoms with van der Waals surface area (Å²) in [6, 6.07) is 3.30. The summed E-state index contributed by atoms with van der Waals surface area (Å²) in [6.07, 6.45) is 3.13. The van der Waals surface area contributed by atoms with Gasteiger partial charge >= 0.3 is 0 Å². The molecule has 108 valence electrons. The molecule has 1 unspecified atom stereocenters. The lowest BCUT2D eigenvalue weighted by molar-refractivity contribution is -0.132. The van der Waals surface area contributed by atoms with Crippen molar-refractivity contribution >= 4 is 17.5 Å². The maximum absolute atomic E-state index is 11.8. The van der Waals surface area contributed by atoms with Crippen molar-refractivity contribution < 1.29 is 9.59 Å². The molecule has 1 saturated heterocycles. The van der Waals surface area contributed by atoms with Crippen LogP contribution in [-0.2, 0) is 9.59 Å². The summed E-state index contributed by atoms with van der Waals surface area (Å²) in [5, 5.41) is 2.36. The molecule has 2 heterocycles. The van der Waals surface area contributed by atoms with E-state index < -0.39 is 0 Å². The molecule has 6 nitrogen and oxygen atoms in total. The number of carbonyl (C=O) groups is 2. The number of rotatable bonds is 4. The van der Waals surface area contributed by atoms with Crippen LogP contribution in [0.4, 0.5) is 5.69 Å². The number of hydrogen-bond acceptors (Lipinski definition) is 5. The zero-order chi connectivity index (χ0) is 14.7. The van der Waals surface area contributed by atoms with Gasteiger partial charge in [-0.2, -0.15) is 0 Å². The number of anilines is 1. The minimum Gasteiger partial charge on any atom is -0.349 e. The highest BCUT2D eigenvalue weighted by Gasteiger charge is 2.32.